The summed E-state index contributed by atoms with van der Waals surface area (Å²) in [6.07, 6.45) is 1.45. The SMILES string of the molecule is O=C(O)c1ccc(Nc2ncc(I)c(=O)[nH]2)cc1. The van der Waals surface area contributed by atoms with Crippen molar-refractivity contribution in [2.75, 3.05) is 5.32 Å². The second-order valence-electron chi connectivity index (χ2n) is 3.42. The third-order valence-corrected chi connectivity index (χ3v) is 2.92. The summed E-state index contributed by atoms with van der Waals surface area (Å²) < 4.78 is 0.499. The molecule has 0 aliphatic carbocycles. The lowest BCUT2D eigenvalue weighted by Crippen LogP contribution is -2.12. The van der Waals surface area contributed by atoms with Crippen molar-refractivity contribution in [2.24, 2.45) is 0 Å². The van der Waals surface area contributed by atoms with Crippen LogP contribution in [-0.2, 0) is 0 Å². The number of benzene rings is 1. The number of aromatic amines is 1. The zero-order valence-corrected chi connectivity index (χ0v) is 11.1. The van der Waals surface area contributed by atoms with E-state index >= 15 is 0 Å². The van der Waals surface area contributed by atoms with Crippen LogP contribution >= 0.6 is 22.6 Å². The molecule has 0 fully saturated rings. The second-order valence-corrected chi connectivity index (χ2v) is 4.58. The summed E-state index contributed by atoms with van der Waals surface area (Å²) in [4.78, 5) is 28.6. The molecule has 0 radical (unpaired) electrons. The predicted molar refractivity (Wildman–Crippen MR) is 74.3 cm³/mol. The van der Waals surface area contributed by atoms with Crippen molar-refractivity contribution in [3.05, 3.63) is 49.9 Å². The molecular formula is C11H8IN3O3. The largest absolute Gasteiger partial charge is 0.478 e. The molecule has 0 atom stereocenters. The molecule has 92 valence electrons. The summed E-state index contributed by atoms with van der Waals surface area (Å²) in [7, 11) is 0. The molecule has 1 aromatic heterocycles. The van der Waals surface area contributed by atoms with Crippen LogP contribution in [0.25, 0.3) is 0 Å². The topological polar surface area (TPSA) is 95.1 Å². The first-order valence-corrected chi connectivity index (χ1v) is 5.99. The number of halogens is 1. The summed E-state index contributed by atoms with van der Waals surface area (Å²) in [5.74, 6) is -0.675. The quantitative estimate of drug-likeness (QED) is 0.729. The molecule has 2 rings (SSSR count). The Bertz CT molecular complexity index is 637. The first-order chi connectivity index (χ1) is 8.56. The Morgan fingerprint density at radius 1 is 1.33 bits per heavy atom. The van der Waals surface area contributed by atoms with Gasteiger partial charge in [-0.3, -0.25) is 9.78 Å². The first-order valence-electron chi connectivity index (χ1n) is 4.91. The molecule has 0 aliphatic rings. The number of nitrogens with one attached hydrogen (secondary N) is 2. The number of carboxylic acid groups (broad SMARTS) is 1. The molecule has 18 heavy (non-hydrogen) atoms. The van der Waals surface area contributed by atoms with E-state index in [-0.39, 0.29) is 11.1 Å². The molecule has 1 heterocycles. The van der Waals surface area contributed by atoms with Crippen LogP contribution in [0, 0.1) is 3.57 Å². The molecule has 0 amide bonds. The van der Waals surface area contributed by atoms with Gasteiger partial charge in [0.1, 0.15) is 0 Å². The molecule has 1 aromatic carbocycles. The van der Waals surface area contributed by atoms with E-state index in [9.17, 15) is 9.59 Å². The minimum atomic E-state index is -0.984. The van der Waals surface area contributed by atoms with Gasteiger partial charge in [0.2, 0.25) is 5.95 Å². The van der Waals surface area contributed by atoms with Crippen LogP contribution in [0.15, 0.2) is 35.3 Å². The summed E-state index contributed by atoms with van der Waals surface area (Å²) in [5, 5.41) is 11.6. The normalized spacial score (nSPS) is 10.1. The number of anilines is 2. The van der Waals surface area contributed by atoms with E-state index in [0.29, 0.717) is 15.2 Å². The Balaban J connectivity index is 2.20. The monoisotopic (exact) mass is 357 g/mol. The van der Waals surface area contributed by atoms with Crippen molar-refractivity contribution in [3.8, 4) is 0 Å². The van der Waals surface area contributed by atoms with Crippen LogP contribution in [0.3, 0.4) is 0 Å². The molecule has 7 heteroatoms. The van der Waals surface area contributed by atoms with Crippen molar-refractivity contribution in [1.82, 2.24) is 9.97 Å². The van der Waals surface area contributed by atoms with Gasteiger partial charge in [-0.05, 0) is 46.9 Å². The Morgan fingerprint density at radius 3 is 2.56 bits per heavy atom. The maximum absolute atomic E-state index is 11.4. The maximum atomic E-state index is 11.4. The lowest BCUT2D eigenvalue weighted by Gasteiger charge is -2.05. The highest BCUT2D eigenvalue weighted by Crippen LogP contribution is 2.13. The average molecular weight is 357 g/mol. The van der Waals surface area contributed by atoms with Crippen molar-refractivity contribution in [3.63, 3.8) is 0 Å². The summed E-state index contributed by atoms with van der Waals surface area (Å²) >= 11 is 1.88. The van der Waals surface area contributed by atoms with Crippen molar-refractivity contribution < 1.29 is 9.90 Å². The average Bonchev–Trinajstić information content (AvgIpc) is 2.34. The Hall–Kier alpha value is -1.90. The van der Waals surface area contributed by atoms with Gasteiger partial charge in [0.15, 0.2) is 0 Å². The van der Waals surface area contributed by atoms with Gasteiger partial charge in [-0.15, -0.1) is 0 Å². The van der Waals surface area contributed by atoms with Gasteiger partial charge in [-0.2, -0.15) is 0 Å². The van der Waals surface area contributed by atoms with Gasteiger partial charge in [0, 0.05) is 11.9 Å². The van der Waals surface area contributed by atoms with Gasteiger partial charge < -0.3 is 10.4 Å². The third-order valence-electron chi connectivity index (χ3n) is 2.15. The van der Waals surface area contributed by atoms with Gasteiger partial charge in [-0.1, -0.05) is 0 Å². The fraction of sp³-hybridized carbons (Fsp3) is 0. The molecule has 2 aromatic rings. The van der Waals surface area contributed by atoms with Crippen LogP contribution in [0.4, 0.5) is 11.6 Å². The zero-order chi connectivity index (χ0) is 13.1. The number of aromatic carboxylic acids is 1. The number of carbonyl (C=O) groups is 1. The fourth-order valence-electron chi connectivity index (χ4n) is 1.28. The Kier molecular flexibility index (Phi) is 3.60. The number of carboxylic acids is 1. The van der Waals surface area contributed by atoms with E-state index in [2.05, 4.69) is 15.3 Å². The van der Waals surface area contributed by atoms with E-state index in [1.807, 2.05) is 22.6 Å². The number of aromatic nitrogens is 2. The van der Waals surface area contributed by atoms with Crippen molar-refractivity contribution in [2.45, 2.75) is 0 Å². The standard InChI is InChI=1S/C11H8IN3O3/c12-8-5-13-11(15-9(8)16)14-7-3-1-6(2-4-7)10(17)18/h1-5H,(H,17,18)(H2,13,14,15,16). The summed E-state index contributed by atoms with van der Waals surface area (Å²) in [5.41, 5.74) is 0.615. The number of rotatable bonds is 3. The molecule has 0 unspecified atom stereocenters. The van der Waals surface area contributed by atoms with Crippen molar-refractivity contribution >= 4 is 40.2 Å². The van der Waals surface area contributed by atoms with E-state index in [1.165, 1.54) is 18.3 Å². The third kappa shape index (κ3) is 2.86. The Morgan fingerprint density at radius 2 is 2.00 bits per heavy atom. The van der Waals surface area contributed by atoms with Crippen LogP contribution < -0.4 is 10.9 Å². The van der Waals surface area contributed by atoms with Gasteiger partial charge in [0.05, 0.1) is 9.13 Å². The Labute approximate surface area is 115 Å². The zero-order valence-electron chi connectivity index (χ0n) is 8.98. The predicted octanol–water partition coefficient (Wildman–Crippen LogP) is 1.82. The summed E-state index contributed by atoms with van der Waals surface area (Å²) in [6.45, 7) is 0. The van der Waals surface area contributed by atoms with Crippen molar-refractivity contribution in [1.29, 1.82) is 0 Å². The number of H-pyrrole nitrogens is 1. The van der Waals surface area contributed by atoms with Crippen LogP contribution in [0.1, 0.15) is 10.4 Å². The lowest BCUT2D eigenvalue weighted by atomic mass is 10.2. The van der Waals surface area contributed by atoms with Crippen LogP contribution in [0.5, 0.6) is 0 Å². The highest BCUT2D eigenvalue weighted by atomic mass is 127. The fourth-order valence-corrected chi connectivity index (χ4v) is 1.55. The van der Waals surface area contributed by atoms with E-state index in [1.54, 1.807) is 12.1 Å². The minimum Gasteiger partial charge on any atom is -0.478 e. The van der Waals surface area contributed by atoms with Crippen LogP contribution in [-0.4, -0.2) is 21.0 Å². The van der Waals surface area contributed by atoms with Gasteiger partial charge >= 0.3 is 5.97 Å². The molecule has 6 nitrogen and oxygen atoms in total. The van der Waals surface area contributed by atoms with Crippen LogP contribution in [0.2, 0.25) is 0 Å². The number of nitrogens with zero attached hydrogens (tertiary/aromatic N) is 1. The minimum absolute atomic E-state index is 0.199. The molecular weight excluding hydrogens is 349 g/mol. The van der Waals surface area contributed by atoms with E-state index < -0.39 is 5.97 Å². The van der Waals surface area contributed by atoms with E-state index in [0.717, 1.165) is 0 Å². The number of hydrogen-bond acceptors (Lipinski definition) is 4. The maximum Gasteiger partial charge on any atom is 0.335 e. The molecule has 0 saturated carbocycles. The smallest absolute Gasteiger partial charge is 0.335 e. The van der Waals surface area contributed by atoms with E-state index in [4.69, 9.17) is 5.11 Å². The highest BCUT2D eigenvalue weighted by Gasteiger charge is 2.03. The molecule has 0 bridgehead atoms. The summed E-state index contributed by atoms with van der Waals surface area (Å²) in [6, 6.07) is 6.13. The molecule has 0 spiro atoms. The van der Waals surface area contributed by atoms with Gasteiger partial charge in [-0.25, -0.2) is 9.78 Å². The highest BCUT2D eigenvalue weighted by molar-refractivity contribution is 14.1. The molecule has 0 saturated heterocycles. The number of hydrogen-bond donors (Lipinski definition) is 3. The lowest BCUT2D eigenvalue weighted by molar-refractivity contribution is 0.0697. The van der Waals surface area contributed by atoms with Gasteiger partial charge in [0.25, 0.3) is 5.56 Å². The molecule has 0 aliphatic heterocycles. The molecule has 3 N–H and O–H groups in total. The second kappa shape index (κ2) is 5.17. The first kappa shape index (κ1) is 12.6.